The third-order valence-corrected chi connectivity index (χ3v) is 2.64. The number of para-hydroxylation sites is 1. The molecular weight excluding hydrogens is 254 g/mol. The van der Waals surface area contributed by atoms with Crippen LogP contribution in [-0.4, -0.2) is 22.8 Å². The van der Waals surface area contributed by atoms with Gasteiger partial charge in [-0.05, 0) is 12.1 Å². The fourth-order valence-electron chi connectivity index (χ4n) is 1.49. The summed E-state index contributed by atoms with van der Waals surface area (Å²) >= 11 is 5.00. The van der Waals surface area contributed by atoms with E-state index < -0.39 is 23.8 Å². The van der Waals surface area contributed by atoms with E-state index in [9.17, 15) is 14.4 Å². The molecule has 7 heteroatoms. The summed E-state index contributed by atoms with van der Waals surface area (Å²) in [6, 6.07) is 8.06. The van der Waals surface area contributed by atoms with Gasteiger partial charge in [0.15, 0.2) is 5.92 Å². The molecule has 2 rings (SSSR count). The first-order chi connectivity index (χ1) is 8.58. The summed E-state index contributed by atoms with van der Waals surface area (Å²) in [4.78, 5) is 34.0. The second kappa shape index (κ2) is 4.92. The minimum Gasteiger partial charge on any atom is -0.349 e. The first-order valence-electron chi connectivity index (χ1n) is 5.09. The van der Waals surface area contributed by atoms with E-state index in [1.54, 1.807) is 24.3 Å². The van der Waals surface area contributed by atoms with Crippen LogP contribution in [0.1, 0.15) is 0 Å². The topological polar surface area (TPSA) is 87.3 Å². The lowest BCUT2D eigenvalue weighted by atomic mass is 10.1. The molecule has 1 aliphatic heterocycles. The molecule has 18 heavy (non-hydrogen) atoms. The molecule has 1 aromatic carbocycles. The third-order valence-electron chi connectivity index (χ3n) is 2.30. The number of thiocarbonyl (C=S) groups is 1. The normalized spacial score (nSPS) is 15.9. The molecule has 92 valence electrons. The van der Waals surface area contributed by atoms with E-state index in [-0.39, 0.29) is 4.99 Å². The highest BCUT2D eigenvalue weighted by Crippen LogP contribution is 2.11. The third kappa shape index (κ3) is 2.51. The van der Waals surface area contributed by atoms with E-state index in [1.807, 2.05) is 16.7 Å². The minimum absolute atomic E-state index is 0.0451. The van der Waals surface area contributed by atoms with E-state index in [2.05, 4.69) is 5.32 Å². The van der Waals surface area contributed by atoms with Crippen molar-refractivity contribution in [3.8, 4) is 0 Å². The summed E-state index contributed by atoms with van der Waals surface area (Å²) in [5.41, 5.74) is 0.667. The number of nitrogens with one attached hydrogen (secondary N) is 3. The van der Waals surface area contributed by atoms with Crippen LogP contribution in [0.4, 0.5) is 10.5 Å². The fourth-order valence-corrected chi connectivity index (χ4v) is 1.82. The fraction of sp³-hybridized carbons (Fsp3) is 0.0909. The zero-order chi connectivity index (χ0) is 13.1. The summed E-state index contributed by atoms with van der Waals surface area (Å²) < 4.78 is 0. The van der Waals surface area contributed by atoms with Gasteiger partial charge in [-0.2, -0.15) is 0 Å². The molecule has 0 aromatic heterocycles. The van der Waals surface area contributed by atoms with Gasteiger partial charge < -0.3 is 5.32 Å². The lowest BCUT2D eigenvalue weighted by molar-refractivity contribution is -0.132. The Morgan fingerprint density at radius 2 is 1.61 bits per heavy atom. The van der Waals surface area contributed by atoms with Crippen molar-refractivity contribution < 1.29 is 14.4 Å². The maximum absolute atomic E-state index is 11.5. The van der Waals surface area contributed by atoms with Crippen molar-refractivity contribution in [1.29, 1.82) is 0 Å². The van der Waals surface area contributed by atoms with Gasteiger partial charge in [-0.15, -0.1) is 0 Å². The molecule has 0 atom stereocenters. The molecule has 0 saturated carbocycles. The van der Waals surface area contributed by atoms with E-state index in [4.69, 9.17) is 12.2 Å². The van der Waals surface area contributed by atoms with E-state index in [0.29, 0.717) is 5.69 Å². The van der Waals surface area contributed by atoms with Crippen molar-refractivity contribution in [3.05, 3.63) is 30.3 Å². The monoisotopic (exact) mass is 263 g/mol. The number of imide groups is 2. The Hall–Kier alpha value is -2.28. The summed E-state index contributed by atoms with van der Waals surface area (Å²) in [7, 11) is 0. The number of carbonyl (C=O) groups excluding carboxylic acids is 3. The number of amides is 4. The smallest absolute Gasteiger partial charge is 0.328 e. The molecule has 4 amide bonds. The van der Waals surface area contributed by atoms with Crippen LogP contribution in [0.25, 0.3) is 0 Å². The highest BCUT2D eigenvalue weighted by atomic mass is 32.1. The molecule has 1 fully saturated rings. The molecule has 0 aliphatic carbocycles. The second-order valence-electron chi connectivity index (χ2n) is 3.60. The molecule has 1 aromatic rings. The van der Waals surface area contributed by atoms with Gasteiger partial charge in [-0.3, -0.25) is 20.2 Å². The van der Waals surface area contributed by atoms with Gasteiger partial charge in [0.1, 0.15) is 4.99 Å². The molecule has 0 bridgehead atoms. The van der Waals surface area contributed by atoms with Crippen molar-refractivity contribution in [2.45, 2.75) is 0 Å². The molecule has 0 unspecified atom stereocenters. The standard InChI is InChI=1S/C11H9N3O3S/c15-8-7(9(16)14-11(17)13-8)10(18)12-6-4-2-1-3-5-6/h1-5,7H,(H,12,18)(H2,13,14,15,16,17). The number of urea groups is 1. The van der Waals surface area contributed by atoms with Gasteiger partial charge in [0, 0.05) is 5.69 Å². The number of anilines is 1. The van der Waals surface area contributed by atoms with E-state index in [0.717, 1.165) is 0 Å². The Kier molecular flexibility index (Phi) is 3.33. The Bertz CT molecular complexity index is 510. The van der Waals surface area contributed by atoms with Gasteiger partial charge in [0.25, 0.3) is 0 Å². The van der Waals surface area contributed by atoms with Crippen molar-refractivity contribution in [2.75, 3.05) is 5.32 Å². The quantitative estimate of drug-likeness (QED) is 0.531. The van der Waals surface area contributed by atoms with Gasteiger partial charge in [-0.1, -0.05) is 30.4 Å². The SMILES string of the molecule is O=C1NC(=O)C(C(=S)Nc2ccccc2)C(=O)N1. The van der Waals surface area contributed by atoms with Crippen molar-refractivity contribution in [3.63, 3.8) is 0 Å². The molecule has 0 radical (unpaired) electrons. The maximum atomic E-state index is 11.5. The lowest BCUT2D eigenvalue weighted by Crippen LogP contribution is -2.58. The Labute approximate surface area is 108 Å². The van der Waals surface area contributed by atoms with Crippen LogP contribution in [0.3, 0.4) is 0 Å². The van der Waals surface area contributed by atoms with Crippen molar-refractivity contribution in [1.82, 2.24) is 10.6 Å². The second-order valence-corrected chi connectivity index (χ2v) is 4.04. The number of barbiturate groups is 1. The van der Waals surface area contributed by atoms with Gasteiger partial charge in [0.2, 0.25) is 11.8 Å². The molecule has 0 spiro atoms. The Balaban J connectivity index is 2.11. The Morgan fingerprint density at radius 1 is 1.06 bits per heavy atom. The maximum Gasteiger partial charge on any atom is 0.328 e. The summed E-state index contributed by atoms with van der Waals surface area (Å²) in [6.07, 6.45) is 0. The van der Waals surface area contributed by atoms with Crippen molar-refractivity contribution in [2.24, 2.45) is 5.92 Å². The zero-order valence-corrected chi connectivity index (χ0v) is 9.91. The van der Waals surface area contributed by atoms with Crippen LogP contribution in [0.5, 0.6) is 0 Å². The number of benzene rings is 1. The summed E-state index contributed by atoms with van der Waals surface area (Å²) in [6.45, 7) is 0. The van der Waals surface area contributed by atoms with Crippen LogP contribution in [0.15, 0.2) is 30.3 Å². The van der Waals surface area contributed by atoms with E-state index in [1.165, 1.54) is 0 Å². The largest absolute Gasteiger partial charge is 0.349 e. The lowest BCUT2D eigenvalue weighted by Gasteiger charge is -2.21. The zero-order valence-electron chi connectivity index (χ0n) is 9.10. The molecular formula is C11H9N3O3S. The molecule has 1 saturated heterocycles. The van der Waals surface area contributed by atoms with Gasteiger partial charge in [-0.25, -0.2) is 4.79 Å². The summed E-state index contributed by atoms with van der Waals surface area (Å²) in [5.74, 6) is -2.65. The van der Waals surface area contributed by atoms with Crippen LogP contribution >= 0.6 is 12.2 Å². The van der Waals surface area contributed by atoms with E-state index >= 15 is 0 Å². The molecule has 6 nitrogen and oxygen atoms in total. The average molecular weight is 263 g/mol. The van der Waals surface area contributed by atoms with Crippen molar-refractivity contribution >= 4 is 40.7 Å². The number of hydrogen-bond acceptors (Lipinski definition) is 4. The predicted molar refractivity (Wildman–Crippen MR) is 67.8 cm³/mol. The molecule has 1 heterocycles. The molecule has 3 N–H and O–H groups in total. The minimum atomic E-state index is -1.20. The van der Waals surface area contributed by atoms with Crippen LogP contribution in [0.2, 0.25) is 0 Å². The predicted octanol–water partition coefficient (Wildman–Crippen LogP) is 0.408. The van der Waals surface area contributed by atoms with Gasteiger partial charge in [0.05, 0.1) is 0 Å². The van der Waals surface area contributed by atoms with Crippen LogP contribution in [-0.2, 0) is 9.59 Å². The highest BCUT2D eigenvalue weighted by molar-refractivity contribution is 7.80. The Morgan fingerprint density at radius 3 is 2.17 bits per heavy atom. The number of carbonyl (C=O) groups is 3. The van der Waals surface area contributed by atoms with Gasteiger partial charge >= 0.3 is 6.03 Å². The number of hydrogen-bond donors (Lipinski definition) is 3. The average Bonchev–Trinajstić information content (AvgIpc) is 2.28. The van der Waals surface area contributed by atoms with Crippen LogP contribution < -0.4 is 16.0 Å². The molecule has 1 aliphatic rings. The highest BCUT2D eigenvalue weighted by Gasteiger charge is 2.37. The van der Waals surface area contributed by atoms with Crippen LogP contribution in [0, 0.1) is 5.92 Å². The first-order valence-corrected chi connectivity index (χ1v) is 5.50. The summed E-state index contributed by atoms with van der Waals surface area (Å²) in [5, 5.41) is 6.76. The first kappa shape index (κ1) is 12.2. The number of rotatable bonds is 2.